The molecule has 0 saturated carbocycles. The Morgan fingerprint density at radius 2 is 1.97 bits per heavy atom. The van der Waals surface area contributed by atoms with Gasteiger partial charge in [-0.05, 0) is 49.6 Å². The topological polar surface area (TPSA) is 69.8 Å². The van der Waals surface area contributed by atoms with Gasteiger partial charge in [0, 0.05) is 11.8 Å². The van der Waals surface area contributed by atoms with Gasteiger partial charge in [0.05, 0.1) is 22.1 Å². The minimum absolute atomic E-state index is 0.0427. The first-order valence-corrected chi connectivity index (χ1v) is 11.0. The Morgan fingerprint density at radius 1 is 1.20 bits per heavy atom. The zero-order valence-electron chi connectivity index (χ0n) is 16.5. The van der Waals surface area contributed by atoms with E-state index in [9.17, 15) is 14.0 Å². The molecule has 4 aromatic rings. The normalized spacial score (nSPS) is 11.2. The van der Waals surface area contributed by atoms with Crippen molar-refractivity contribution in [2.45, 2.75) is 33.2 Å². The molecule has 0 radical (unpaired) electrons. The molecule has 1 aromatic carbocycles. The van der Waals surface area contributed by atoms with E-state index in [1.165, 1.54) is 39.0 Å². The van der Waals surface area contributed by atoms with Gasteiger partial charge in [-0.1, -0.05) is 12.1 Å². The lowest BCUT2D eigenvalue weighted by Crippen LogP contribution is -2.23. The van der Waals surface area contributed by atoms with Crippen LogP contribution in [-0.2, 0) is 13.0 Å². The van der Waals surface area contributed by atoms with E-state index in [1.54, 1.807) is 23.5 Å². The summed E-state index contributed by atoms with van der Waals surface area (Å²) in [5, 5.41) is 7.78. The van der Waals surface area contributed by atoms with Crippen LogP contribution in [0.15, 0.2) is 46.8 Å². The number of benzene rings is 1. The summed E-state index contributed by atoms with van der Waals surface area (Å²) in [6, 6.07) is 7.78. The Kier molecular flexibility index (Phi) is 5.74. The smallest absolute Gasteiger partial charge is 0.293 e. The molecule has 0 unspecified atom stereocenters. The Morgan fingerprint density at radius 3 is 2.67 bits per heavy atom. The van der Waals surface area contributed by atoms with Crippen molar-refractivity contribution in [3.8, 4) is 5.00 Å². The van der Waals surface area contributed by atoms with Crippen molar-refractivity contribution in [2.75, 3.05) is 0 Å². The number of hydrogen-bond acceptors (Lipinski definition) is 6. The number of halogens is 1. The van der Waals surface area contributed by atoms with Crippen LogP contribution in [0.25, 0.3) is 5.00 Å². The number of rotatable bonds is 7. The van der Waals surface area contributed by atoms with Gasteiger partial charge in [-0.25, -0.2) is 23.4 Å². The average molecular weight is 443 g/mol. The Hall–Kier alpha value is -2.91. The first-order chi connectivity index (χ1) is 14.4. The zero-order chi connectivity index (χ0) is 21.3. The van der Waals surface area contributed by atoms with Gasteiger partial charge >= 0.3 is 5.69 Å². The van der Waals surface area contributed by atoms with Crippen LogP contribution in [-0.4, -0.2) is 25.1 Å². The molecule has 0 fully saturated rings. The van der Waals surface area contributed by atoms with Crippen molar-refractivity contribution in [1.29, 1.82) is 0 Å². The molecule has 0 aliphatic carbocycles. The van der Waals surface area contributed by atoms with E-state index in [1.807, 2.05) is 25.3 Å². The molecule has 0 aliphatic rings. The fourth-order valence-electron chi connectivity index (χ4n) is 3.10. The van der Waals surface area contributed by atoms with E-state index in [-0.39, 0.29) is 23.8 Å². The number of aromatic nitrogens is 4. The summed E-state index contributed by atoms with van der Waals surface area (Å²) in [7, 11) is 0. The lowest BCUT2D eigenvalue weighted by Gasteiger charge is -2.00. The van der Waals surface area contributed by atoms with E-state index in [0.29, 0.717) is 22.7 Å². The molecule has 3 heterocycles. The Labute approximate surface area is 180 Å². The maximum Gasteiger partial charge on any atom is 0.351 e. The third-order valence-electron chi connectivity index (χ3n) is 4.65. The quantitative estimate of drug-likeness (QED) is 0.403. The first kappa shape index (κ1) is 20.4. The monoisotopic (exact) mass is 442 g/mol. The van der Waals surface area contributed by atoms with Gasteiger partial charge < -0.3 is 0 Å². The third kappa shape index (κ3) is 4.31. The highest BCUT2D eigenvalue weighted by Crippen LogP contribution is 2.26. The molecule has 0 amide bonds. The van der Waals surface area contributed by atoms with Gasteiger partial charge in [0.25, 0.3) is 0 Å². The van der Waals surface area contributed by atoms with Crippen LogP contribution >= 0.6 is 22.7 Å². The van der Waals surface area contributed by atoms with Crippen molar-refractivity contribution >= 4 is 28.5 Å². The average Bonchev–Trinajstić information content (AvgIpc) is 3.41. The second-order valence-electron chi connectivity index (χ2n) is 6.95. The van der Waals surface area contributed by atoms with Crippen LogP contribution in [0.4, 0.5) is 4.39 Å². The van der Waals surface area contributed by atoms with Crippen LogP contribution in [0.3, 0.4) is 0 Å². The molecule has 0 N–H and O–H groups in total. The van der Waals surface area contributed by atoms with Gasteiger partial charge in [-0.3, -0.25) is 4.79 Å². The predicted octanol–water partition coefficient (Wildman–Crippen LogP) is 4.17. The molecule has 30 heavy (non-hydrogen) atoms. The largest absolute Gasteiger partial charge is 0.351 e. The lowest BCUT2D eigenvalue weighted by atomic mass is 10.1. The van der Waals surface area contributed by atoms with Crippen molar-refractivity contribution in [3.63, 3.8) is 0 Å². The molecule has 0 aliphatic heterocycles. The molecule has 3 aromatic heterocycles. The summed E-state index contributed by atoms with van der Waals surface area (Å²) in [6.07, 6.45) is 2.43. The van der Waals surface area contributed by atoms with E-state index < -0.39 is 0 Å². The number of hydrogen-bond donors (Lipinski definition) is 0. The Bertz CT molecular complexity index is 1250. The highest BCUT2D eigenvalue weighted by Gasteiger charge is 2.17. The standard InChI is InChI=1S/C21H19FN4O2S2/c1-13-9-19(30-20(13)18(27)8-7-17-11-29-14(2)24-17)25-12-23-26(21(25)28)10-15-3-5-16(22)6-4-15/h3-6,9,11-12H,7-8,10H2,1-2H3. The van der Waals surface area contributed by atoms with E-state index >= 15 is 0 Å². The van der Waals surface area contributed by atoms with E-state index in [2.05, 4.69) is 10.1 Å². The maximum atomic E-state index is 13.1. The molecular formula is C21H19FN4O2S2. The highest BCUT2D eigenvalue weighted by molar-refractivity contribution is 7.16. The second-order valence-corrected chi connectivity index (χ2v) is 9.04. The summed E-state index contributed by atoms with van der Waals surface area (Å²) in [6.45, 7) is 4.06. The summed E-state index contributed by atoms with van der Waals surface area (Å²) >= 11 is 2.87. The fourth-order valence-corrected chi connectivity index (χ4v) is 4.85. The maximum absolute atomic E-state index is 13.1. The number of thiazole rings is 1. The van der Waals surface area contributed by atoms with Crippen molar-refractivity contribution in [2.24, 2.45) is 0 Å². The number of carbonyl (C=O) groups is 1. The predicted molar refractivity (Wildman–Crippen MR) is 115 cm³/mol. The molecule has 6 nitrogen and oxygen atoms in total. The summed E-state index contributed by atoms with van der Waals surface area (Å²) < 4.78 is 15.8. The molecule has 0 spiro atoms. The first-order valence-electron chi connectivity index (χ1n) is 9.34. The molecule has 0 saturated heterocycles. The van der Waals surface area contributed by atoms with E-state index in [4.69, 9.17) is 0 Å². The number of nitrogens with zero attached hydrogens (tertiary/aromatic N) is 4. The molecule has 9 heteroatoms. The third-order valence-corrected chi connectivity index (χ3v) is 6.75. The second kappa shape index (κ2) is 8.45. The summed E-state index contributed by atoms with van der Waals surface area (Å²) in [5.41, 5.74) is 2.24. The zero-order valence-corrected chi connectivity index (χ0v) is 18.1. The highest BCUT2D eigenvalue weighted by atomic mass is 32.1. The van der Waals surface area contributed by atoms with Crippen molar-refractivity contribution in [1.82, 2.24) is 19.3 Å². The van der Waals surface area contributed by atoms with Crippen molar-refractivity contribution in [3.05, 3.63) is 85.0 Å². The number of Topliss-reactive ketones (excluding diaryl/α,β-unsaturated/α-hetero) is 1. The van der Waals surface area contributed by atoms with Crippen LogP contribution in [0.5, 0.6) is 0 Å². The lowest BCUT2D eigenvalue weighted by molar-refractivity contribution is 0.0986. The van der Waals surface area contributed by atoms with Crippen LogP contribution in [0, 0.1) is 19.7 Å². The number of carbonyl (C=O) groups excluding carboxylic acids is 1. The summed E-state index contributed by atoms with van der Waals surface area (Å²) in [4.78, 5) is 30.5. The number of thiophene rings is 1. The molecular weight excluding hydrogens is 423 g/mol. The molecule has 0 bridgehead atoms. The van der Waals surface area contributed by atoms with Crippen molar-refractivity contribution < 1.29 is 9.18 Å². The minimum Gasteiger partial charge on any atom is -0.293 e. The molecule has 4 rings (SSSR count). The van der Waals surface area contributed by atoms with Gasteiger partial charge in [-0.15, -0.1) is 22.7 Å². The molecule has 154 valence electrons. The van der Waals surface area contributed by atoms with Crippen LogP contribution < -0.4 is 5.69 Å². The van der Waals surface area contributed by atoms with Gasteiger partial charge in [0.2, 0.25) is 0 Å². The molecule has 0 atom stereocenters. The summed E-state index contributed by atoms with van der Waals surface area (Å²) in [5.74, 6) is -0.283. The van der Waals surface area contributed by atoms with Gasteiger partial charge in [0.15, 0.2) is 5.78 Å². The van der Waals surface area contributed by atoms with Gasteiger partial charge in [0.1, 0.15) is 17.1 Å². The fraction of sp³-hybridized carbons (Fsp3) is 0.238. The van der Waals surface area contributed by atoms with Gasteiger partial charge in [-0.2, -0.15) is 5.10 Å². The number of aryl methyl sites for hydroxylation is 3. The minimum atomic E-state index is -0.326. The Balaban J connectivity index is 1.51. The van der Waals surface area contributed by atoms with Crippen LogP contribution in [0.2, 0.25) is 0 Å². The number of ketones is 1. The van der Waals surface area contributed by atoms with Crippen LogP contribution in [0.1, 0.15) is 37.9 Å². The van der Waals surface area contributed by atoms with E-state index in [0.717, 1.165) is 21.8 Å². The SMILES string of the molecule is Cc1nc(CCC(=O)c2sc(-n3cnn(Cc4ccc(F)cc4)c3=O)cc2C)cs1.